The quantitative estimate of drug-likeness (QED) is 0.675. The molecule has 5 nitrogen and oxygen atoms in total. The SMILES string of the molecule is Nc1cc(Cl)cc(Cl)c1N1CC(CS(=O)(=O)F)CC1=O. The number of hydrogen-bond acceptors (Lipinski definition) is 4. The van der Waals surface area contributed by atoms with Crippen LogP contribution in [0.25, 0.3) is 0 Å². The first kappa shape index (κ1) is 15.3. The van der Waals surface area contributed by atoms with Gasteiger partial charge in [-0.3, -0.25) is 4.79 Å². The number of carbonyl (C=O) groups is 1. The monoisotopic (exact) mass is 340 g/mol. The van der Waals surface area contributed by atoms with Crippen LogP contribution < -0.4 is 10.6 Å². The fourth-order valence-electron chi connectivity index (χ4n) is 2.26. The second kappa shape index (κ2) is 5.38. The Morgan fingerprint density at radius 1 is 1.40 bits per heavy atom. The summed E-state index contributed by atoms with van der Waals surface area (Å²) in [4.78, 5) is 13.2. The summed E-state index contributed by atoms with van der Waals surface area (Å²) in [6.45, 7) is 0.0491. The lowest BCUT2D eigenvalue weighted by atomic mass is 10.1. The molecule has 2 N–H and O–H groups in total. The van der Waals surface area contributed by atoms with Gasteiger partial charge in [-0.2, -0.15) is 8.42 Å². The van der Waals surface area contributed by atoms with Crippen LogP contribution in [0.3, 0.4) is 0 Å². The molecule has 1 atom stereocenters. The average Bonchev–Trinajstić information content (AvgIpc) is 2.55. The van der Waals surface area contributed by atoms with E-state index in [1.54, 1.807) is 0 Å². The summed E-state index contributed by atoms with van der Waals surface area (Å²) in [6.07, 6.45) is -0.0679. The first-order chi connectivity index (χ1) is 9.17. The molecule has 1 saturated heterocycles. The summed E-state index contributed by atoms with van der Waals surface area (Å²) >= 11 is 11.8. The molecule has 0 aromatic heterocycles. The second-order valence-electron chi connectivity index (χ2n) is 4.61. The summed E-state index contributed by atoms with van der Waals surface area (Å²) in [5, 5.41) is 0.512. The number of carbonyl (C=O) groups excluding carboxylic acids is 1. The largest absolute Gasteiger partial charge is 0.397 e. The lowest BCUT2D eigenvalue weighted by molar-refractivity contribution is -0.117. The van der Waals surface area contributed by atoms with Crippen molar-refractivity contribution >= 4 is 50.7 Å². The molecule has 1 aliphatic rings. The fourth-order valence-corrected chi connectivity index (χ4v) is 3.66. The number of hydrogen-bond donors (Lipinski definition) is 1. The molecule has 1 fully saturated rings. The van der Waals surface area contributed by atoms with Crippen molar-refractivity contribution in [3.63, 3.8) is 0 Å². The minimum atomic E-state index is -4.63. The molecule has 0 radical (unpaired) electrons. The van der Waals surface area contributed by atoms with Gasteiger partial charge in [-0.25, -0.2) is 0 Å². The number of benzene rings is 1. The third-order valence-corrected chi connectivity index (χ3v) is 4.34. The molecule has 1 aromatic rings. The summed E-state index contributed by atoms with van der Waals surface area (Å²) in [5.41, 5.74) is 6.27. The van der Waals surface area contributed by atoms with Gasteiger partial charge in [-0.05, 0) is 12.1 Å². The van der Waals surface area contributed by atoms with Crippen LogP contribution in [-0.2, 0) is 15.0 Å². The van der Waals surface area contributed by atoms with E-state index in [-0.39, 0.29) is 35.3 Å². The Kier molecular flexibility index (Phi) is 4.13. The van der Waals surface area contributed by atoms with E-state index in [9.17, 15) is 17.1 Å². The van der Waals surface area contributed by atoms with Crippen LogP contribution in [-0.4, -0.2) is 26.6 Å². The first-order valence-electron chi connectivity index (χ1n) is 5.64. The van der Waals surface area contributed by atoms with Gasteiger partial charge in [0.1, 0.15) is 0 Å². The van der Waals surface area contributed by atoms with Gasteiger partial charge < -0.3 is 10.6 Å². The zero-order valence-corrected chi connectivity index (χ0v) is 12.5. The van der Waals surface area contributed by atoms with Gasteiger partial charge in [0.15, 0.2) is 0 Å². The van der Waals surface area contributed by atoms with Crippen molar-refractivity contribution in [2.75, 3.05) is 22.9 Å². The number of amides is 1. The Morgan fingerprint density at radius 2 is 2.05 bits per heavy atom. The maximum absolute atomic E-state index is 12.7. The summed E-state index contributed by atoms with van der Waals surface area (Å²) in [5.74, 6) is -1.67. The number of nitrogens with two attached hydrogens (primary N) is 1. The van der Waals surface area contributed by atoms with Crippen molar-refractivity contribution in [1.82, 2.24) is 0 Å². The third-order valence-electron chi connectivity index (χ3n) is 2.97. The Morgan fingerprint density at radius 3 is 2.60 bits per heavy atom. The number of nitrogen functional groups attached to an aromatic ring is 1. The summed E-state index contributed by atoms with van der Waals surface area (Å²) in [7, 11) is -4.63. The molecule has 0 spiro atoms. The van der Waals surface area contributed by atoms with E-state index in [0.717, 1.165) is 0 Å². The van der Waals surface area contributed by atoms with Gasteiger partial charge in [0.05, 0.1) is 22.2 Å². The predicted molar refractivity (Wildman–Crippen MR) is 76.2 cm³/mol. The van der Waals surface area contributed by atoms with E-state index in [1.165, 1.54) is 17.0 Å². The Bertz CT molecular complexity index is 643. The highest BCUT2D eigenvalue weighted by atomic mass is 35.5. The molecule has 1 aliphatic heterocycles. The summed E-state index contributed by atoms with van der Waals surface area (Å²) < 4.78 is 34.0. The van der Waals surface area contributed by atoms with Crippen molar-refractivity contribution in [3.8, 4) is 0 Å². The van der Waals surface area contributed by atoms with Crippen LogP contribution in [0, 0.1) is 5.92 Å². The van der Waals surface area contributed by atoms with Crippen molar-refractivity contribution in [1.29, 1.82) is 0 Å². The Balaban J connectivity index is 2.29. The van der Waals surface area contributed by atoms with Crippen LogP contribution in [0.2, 0.25) is 10.0 Å². The third kappa shape index (κ3) is 3.34. The molecule has 1 heterocycles. The van der Waals surface area contributed by atoms with E-state index in [1.807, 2.05) is 0 Å². The minimum absolute atomic E-state index is 0.0491. The van der Waals surface area contributed by atoms with E-state index in [0.29, 0.717) is 5.02 Å². The highest BCUT2D eigenvalue weighted by molar-refractivity contribution is 7.86. The molecule has 1 aromatic carbocycles. The highest BCUT2D eigenvalue weighted by Crippen LogP contribution is 2.38. The van der Waals surface area contributed by atoms with Crippen LogP contribution in [0.4, 0.5) is 15.3 Å². The maximum Gasteiger partial charge on any atom is 0.302 e. The standard InChI is InChI=1S/C11H11Cl2FN2O3S/c12-7-2-8(13)11(9(15)3-7)16-4-6(1-10(16)17)5-20(14,18)19/h2-3,6H,1,4-5,15H2. The zero-order chi connectivity index (χ0) is 15.1. The minimum Gasteiger partial charge on any atom is -0.397 e. The number of nitrogens with zero attached hydrogens (tertiary/aromatic N) is 1. The fraction of sp³-hybridized carbons (Fsp3) is 0.364. The number of anilines is 2. The smallest absolute Gasteiger partial charge is 0.302 e. The highest BCUT2D eigenvalue weighted by Gasteiger charge is 2.35. The van der Waals surface area contributed by atoms with Gasteiger partial charge >= 0.3 is 10.2 Å². The molecule has 0 aliphatic carbocycles. The number of rotatable bonds is 3. The molecule has 1 amide bonds. The first-order valence-corrected chi connectivity index (χ1v) is 7.95. The molecule has 2 rings (SSSR count). The lowest BCUT2D eigenvalue weighted by Crippen LogP contribution is -2.26. The van der Waals surface area contributed by atoms with E-state index >= 15 is 0 Å². The van der Waals surface area contributed by atoms with Crippen LogP contribution in [0.15, 0.2) is 12.1 Å². The van der Waals surface area contributed by atoms with Crippen molar-refractivity contribution in [2.24, 2.45) is 5.92 Å². The topological polar surface area (TPSA) is 80.5 Å². The van der Waals surface area contributed by atoms with Crippen molar-refractivity contribution < 1.29 is 17.1 Å². The van der Waals surface area contributed by atoms with E-state index < -0.39 is 21.9 Å². The normalized spacial score (nSPS) is 19.6. The Hall–Kier alpha value is -1.05. The molecule has 9 heteroatoms. The van der Waals surface area contributed by atoms with Gasteiger partial charge in [0.25, 0.3) is 0 Å². The zero-order valence-electron chi connectivity index (χ0n) is 10.1. The number of halogens is 3. The molecule has 0 bridgehead atoms. The van der Waals surface area contributed by atoms with Crippen LogP contribution >= 0.6 is 23.2 Å². The maximum atomic E-state index is 12.7. The van der Waals surface area contributed by atoms with E-state index in [4.69, 9.17) is 28.9 Å². The van der Waals surface area contributed by atoms with Crippen LogP contribution in [0.5, 0.6) is 0 Å². The van der Waals surface area contributed by atoms with Crippen molar-refractivity contribution in [3.05, 3.63) is 22.2 Å². The molecule has 110 valence electrons. The molecule has 1 unspecified atom stereocenters. The average molecular weight is 341 g/mol. The summed E-state index contributed by atoms with van der Waals surface area (Å²) in [6, 6.07) is 2.87. The molecule has 0 saturated carbocycles. The van der Waals surface area contributed by atoms with Gasteiger partial charge in [0.2, 0.25) is 5.91 Å². The molecular formula is C11H11Cl2FN2O3S. The van der Waals surface area contributed by atoms with Crippen molar-refractivity contribution in [2.45, 2.75) is 6.42 Å². The molecular weight excluding hydrogens is 330 g/mol. The lowest BCUT2D eigenvalue weighted by Gasteiger charge is -2.20. The van der Waals surface area contributed by atoms with Gasteiger partial charge in [-0.15, -0.1) is 3.89 Å². The van der Waals surface area contributed by atoms with E-state index in [2.05, 4.69) is 0 Å². The van der Waals surface area contributed by atoms with Gasteiger partial charge in [-0.1, -0.05) is 23.2 Å². The molecule has 20 heavy (non-hydrogen) atoms. The van der Waals surface area contributed by atoms with Crippen LogP contribution in [0.1, 0.15) is 6.42 Å². The predicted octanol–water partition coefficient (Wildman–Crippen LogP) is 2.23. The van der Waals surface area contributed by atoms with Gasteiger partial charge in [0, 0.05) is 23.9 Å². The Labute approximate surface area is 125 Å². The second-order valence-corrected chi connectivity index (χ2v) is 6.86.